The number of para-hydroxylation sites is 1. The molecule has 41 heavy (non-hydrogen) atoms. The zero-order chi connectivity index (χ0) is 29.5. The Hall–Kier alpha value is -4.38. The van der Waals surface area contributed by atoms with Gasteiger partial charge in [0.15, 0.2) is 0 Å². The average molecular weight is 567 g/mol. The monoisotopic (exact) mass is 566 g/mol. The van der Waals surface area contributed by atoms with Crippen molar-refractivity contribution in [3.05, 3.63) is 89.5 Å². The third kappa shape index (κ3) is 5.13. The lowest BCUT2D eigenvalue weighted by atomic mass is 9.84. The number of amides is 2. The first-order chi connectivity index (χ1) is 19.5. The van der Waals surface area contributed by atoms with Gasteiger partial charge in [-0.3, -0.25) is 19.2 Å². The van der Waals surface area contributed by atoms with Crippen LogP contribution in [0.2, 0.25) is 0 Å². The van der Waals surface area contributed by atoms with Gasteiger partial charge in [-0.15, -0.1) is 0 Å². The lowest BCUT2D eigenvalue weighted by Gasteiger charge is -2.29. The van der Waals surface area contributed by atoms with E-state index in [0.717, 1.165) is 23.5 Å². The molecule has 8 nitrogen and oxygen atoms in total. The summed E-state index contributed by atoms with van der Waals surface area (Å²) in [5.41, 5.74) is 0.338. The topological polar surface area (TPSA) is 98.9 Å². The van der Waals surface area contributed by atoms with Crippen molar-refractivity contribution in [3.8, 4) is 0 Å². The Morgan fingerprint density at radius 2 is 1.76 bits per heavy atom. The standard InChI is InChI=1S/C30H29F3N4O4/c1-3-12-35-17-19(16-34-35)22-13-18(14-25(38)27(22)39)26-28(40)36(4-2)23-11-10-20(30(31,32)33)15-24(23)37(29(26)41)21-8-6-5-7-9-21/h5-11,13,15-17,25-26,38-39H,3-4,12,14H2,1-2H3. The summed E-state index contributed by atoms with van der Waals surface area (Å²) in [7, 11) is 0. The first kappa shape index (κ1) is 28.2. The molecule has 2 unspecified atom stereocenters. The molecule has 2 atom stereocenters. The molecule has 2 heterocycles. The highest BCUT2D eigenvalue weighted by atomic mass is 19.4. The van der Waals surface area contributed by atoms with E-state index in [0.29, 0.717) is 12.1 Å². The van der Waals surface area contributed by atoms with Crippen LogP contribution in [0.5, 0.6) is 0 Å². The Labute approximate surface area is 234 Å². The van der Waals surface area contributed by atoms with E-state index in [-0.39, 0.29) is 46.9 Å². The van der Waals surface area contributed by atoms with E-state index < -0.39 is 35.6 Å². The second-order valence-electron chi connectivity index (χ2n) is 9.96. The molecule has 5 rings (SSSR count). The maximum atomic E-state index is 14.3. The van der Waals surface area contributed by atoms with E-state index in [9.17, 15) is 33.0 Å². The predicted molar refractivity (Wildman–Crippen MR) is 147 cm³/mol. The van der Waals surface area contributed by atoms with Gasteiger partial charge in [-0.05, 0) is 49.2 Å². The molecule has 214 valence electrons. The highest BCUT2D eigenvalue weighted by Gasteiger charge is 2.45. The molecule has 2 N–H and O–H groups in total. The normalized spacial score (nSPS) is 19.8. The average Bonchev–Trinajstić information content (AvgIpc) is 3.37. The fourth-order valence-electron chi connectivity index (χ4n) is 5.33. The number of nitrogens with zero attached hydrogens (tertiary/aromatic N) is 4. The van der Waals surface area contributed by atoms with Crippen LogP contribution in [-0.2, 0) is 22.3 Å². The van der Waals surface area contributed by atoms with Gasteiger partial charge < -0.3 is 15.1 Å². The second kappa shape index (κ2) is 10.9. The van der Waals surface area contributed by atoms with Gasteiger partial charge in [-0.1, -0.05) is 31.2 Å². The number of fused-ring (bicyclic) bond motifs is 1. The van der Waals surface area contributed by atoms with Crippen molar-refractivity contribution in [2.75, 3.05) is 16.3 Å². The largest absolute Gasteiger partial charge is 0.509 e. The van der Waals surface area contributed by atoms with Crippen LogP contribution in [0.1, 0.15) is 37.8 Å². The number of carbonyl (C=O) groups is 2. The van der Waals surface area contributed by atoms with Gasteiger partial charge in [0.05, 0.1) is 23.1 Å². The van der Waals surface area contributed by atoms with Gasteiger partial charge >= 0.3 is 6.18 Å². The molecular weight excluding hydrogens is 537 g/mol. The molecule has 2 aromatic carbocycles. The summed E-state index contributed by atoms with van der Waals surface area (Å²) in [6.07, 6.45) is -0.756. The molecular formula is C30H29F3N4O4. The lowest BCUT2D eigenvalue weighted by Crippen LogP contribution is -2.42. The van der Waals surface area contributed by atoms with E-state index in [1.165, 1.54) is 23.2 Å². The van der Waals surface area contributed by atoms with Crippen molar-refractivity contribution < 1.29 is 33.0 Å². The summed E-state index contributed by atoms with van der Waals surface area (Å²) >= 11 is 0. The minimum Gasteiger partial charge on any atom is -0.509 e. The number of rotatable bonds is 6. The third-order valence-corrected chi connectivity index (χ3v) is 7.26. The smallest absolute Gasteiger partial charge is 0.416 e. The van der Waals surface area contributed by atoms with Crippen LogP contribution in [0.15, 0.2) is 78.3 Å². The van der Waals surface area contributed by atoms with Crippen LogP contribution >= 0.6 is 0 Å². The van der Waals surface area contributed by atoms with Crippen molar-refractivity contribution in [2.24, 2.45) is 5.92 Å². The number of hydrogen-bond donors (Lipinski definition) is 2. The Balaban J connectivity index is 1.69. The fourth-order valence-corrected chi connectivity index (χ4v) is 5.33. The summed E-state index contributed by atoms with van der Waals surface area (Å²) in [6, 6.07) is 11.1. The zero-order valence-corrected chi connectivity index (χ0v) is 22.5. The minimum absolute atomic E-state index is 0.0786. The molecule has 0 fully saturated rings. The van der Waals surface area contributed by atoms with Gasteiger partial charge in [-0.25, -0.2) is 0 Å². The molecule has 2 amide bonds. The third-order valence-electron chi connectivity index (χ3n) is 7.26. The number of halogens is 3. The number of alkyl halides is 3. The van der Waals surface area contributed by atoms with Crippen LogP contribution in [0.4, 0.5) is 30.2 Å². The molecule has 0 saturated heterocycles. The molecule has 3 aromatic rings. The van der Waals surface area contributed by atoms with Crippen LogP contribution in [0, 0.1) is 5.92 Å². The molecule has 0 spiro atoms. The number of aliphatic hydroxyl groups is 2. The van der Waals surface area contributed by atoms with Crippen LogP contribution in [-0.4, -0.2) is 44.5 Å². The van der Waals surface area contributed by atoms with E-state index in [4.69, 9.17) is 0 Å². The van der Waals surface area contributed by atoms with E-state index in [2.05, 4.69) is 5.10 Å². The van der Waals surface area contributed by atoms with Crippen LogP contribution < -0.4 is 9.80 Å². The van der Waals surface area contributed by atoms with Gasteiger partial charge in [0.2, 0.25) is 11.8 Å². The minimum atomic E-state index is -4.68. The van der Waals surface area contributed by atoms with Crippen LogP contribution in [0.3, 0.4) is 0 Å². The van der Waals surface area contributed by atoms with E-state index >= 15 is 0 Å². The molecule has 11 heteroatoms. The first-order valence-corrected chi connectivity index (χ1v) is 13.3. The molecule has 1 aliphatic heterocycles. The van der Waals surface area contributed by atoms with Gasteiger partial charge in [0.1, 0.15) is 17.8 Å². The summed E-state index contributed by atoms with van der Waals surface area (Å²) < 4.78 is 43.0. The number of allylic oxidation sites excluding steroid dienone is 2. The van der Waals surface area contributed by atoms with Crippen LogP contribution in [0.25, 0.3) is 5.57 Å². The summed E-state index contributed by atoms with van der Waals surface area (Å²) in [4.78, 5) is 30.8. The molecule has 0 radical (unpaired) electrons. The van der Waals surface area contributed by atoms with Gasteiger partial charge in [0, 0.05) is 42.5 Å². The maximum absolute atomic E-state index is 14.3. The highest BCUT2D eigenvalue weighted by Crippen LogP contribution is 2.45. The summed E-state index contributed by atoms with van der Waals surface area (Å²) in [6.45, 7) is 4.36. The van der Waals surface area contributed by atoms with Crippen molar-refractivity contribution in [3.63, 3.8) is 0 Å². The number of aryl methyl sites for hydroxylation is 1. The Bertz CT molecular complexity index is 1540. The molecule has 1 aliphatic carbocycles. The van der Waals surface area contributed by atoms with Crippen molar-refractivity contribution in [1.82, 2.24) is 9.78 Å². The number of hydrogen-bond acceptors (Lipinski definition) is 5. The number of aromatic nitrogens is 2. The SMILES string of the molecule is CCCn1cc(C2=C(O)C(O)CC(C3C(=O)N(CC)c4ccc(C(F)(F)F)cc4N(c4ccccc4)C3=O)=C2)cn1. The molecule has 1 aromatic heterocycles. The molecule has 0 bridgehead atoms. The van der Waals surface area contributed by atoms with Gasteiger partial charge in [0.25, 0.3) is 0 Å². The second-order valence-corrected chi connectivity index (χ2v) is 9.96. The number of anilines is 3. The summed E-state index contributed by atoms with van der Waals surface area (Å²) in [5.74, 6) is -3.19. The van der Waals surface area contributed by atoms with E-state index in [1.54, 1.807) is 48.1 Å². The number of carbonyl (C=O) groups excluding carboxylic acids is 2. The molecule has 2 aliphatic rings. The Kier molecular flexibility index (Phi) is 7.48. The quantitative estimate of drug-likeness (QED) is 0.378. The predicted octanol–water partition coefficient (Wildman–Crippen LogP) is 5.62. The van der Waals surface area contributed by atoms with Crippen molar-refractivity contribution in [2.45, 2.75) is 45.5 Å². The lowest BCUT2D eigenvalue weighted by molar-refractivity contribution is -0.137. The van der Waals surface area contributed by atoms with Crippen molar-refractivity contribution in [1.29, 1.82) is 0 Å². The Morgan fingerprint density at radius 3 is 2.41 bits per heavy atom. The van der Waals surface area contributed by atoms with Gasteiger partial charge in [-0.2, -0.15) is 18.3 Å². The zero-order valence-electron chi connectivity index (χ0n) is 22.5. The van der Waals surface area contributed by atoms with E-state index in [1.807, 2.05) is 6.92 Å². The molecule has 0 saturated carbocycles. The Morgan fingerprint density at radius 1 is 1.02 bits per heavy atom. The highest BCUT2D eigenvalue weighted by molar-refractivity contribution is 6.22. The fraction of sp³-hybridized carbons (Fsp3) is 0.300. The number of aliphatic hydroxyl groups excluding tert-OH is 2. The van der Waals surface area contributed by atoms with Crippen molar-refractivity contribution >= 4 is 34.4 Å². The summed E-state index contributed by atoms with van der Waals surface area (Å²) in [5, 5.41) is 25.9. The first-order valence-electron chi connectivity index (χ1n) is 13.3. The number of benzene rings is 2. The maximum Gasteiger partial charge on any atom is 0.416 e.